The van der Waals surface area contributed by atoms with Crippen molar-refractivity contribution in [2.45, 2.75) is 24.9 Å². The van der Waals surface area contributed by atoms with Gasteiger partial charge < -0.3 is 10.1 Å². The first kappa shape index (κ1) is 17.9. The smallest absolute Gasteiger partial charge is 0.234 e. The highest BCUT2D eigenvalue weighted by Gasteiger charge is 2.26. The predicted molar refractivity (Wildman–Crippen MR) is 94.8 cm³/mol. The maximum atomic E-state index is 12.2. The first-order chi connectivity index (χ1) is 12.3. The Morgan fingerprint density at radius 3 is 2.52 bits per heavy atom. The Morgan fingerprint density at radius 2 is 1.88 bits per heavy atom. The number of hydrogen-bond donors (Lipinski definition) is 1. The van der Waals surface area contributed by atoms with Gasteiger partial charge in [-0.05, 0) is 18.4 Å². The lowest BCUT2D eigenvalue weighted by atomic mass is 10.1. The molecule has 1 aromatic rings. The molecule has 25 heavy (non-hydrogen) atoms. The maximum absolute atomic E-state index is 12.2. The Kier molecular flexibility index (Phi) is 6.40. The molecule has 2 saturated heterocycles. The normalized spacial score (nSPS) is 21.4. The van der Waals surface area contributed by atoms with Crippen LogP contribution in [0.3, 0.4) is 0 Å². The molecule has 0 saturated carbocycles. The first-order valence-corrected chi connectivity index (χ1v) is 9.04. The molecule has 6 heteroatoms. The van der Waals surface area contributed by atoms with Crippen molar-refractivity contribution < 1.29 is 9.53 Å². The fourth-order valence-corrected chi connectivity index (χ4v) is 3.50. The van der Waals surface area contributed by atoms with Crippen molar-refractivity contribution in [3.8, 4) is 6.07 Å². The molecule has 3 rings (SSSR count). The van der Waals surface area contributed by atoms with Crippen molar-refractivity contribution in [2.24, 2.45) is 0 Å². The third-order valence-corrected chi connectivity index (χ3v) is 4.96. The standard InChI is InChI=1S/C19H26N4O2/c20-14-18(16-4-2-1-3-5-16)23-10-8-22(9-11-23)15-19(24)21-17-6-12-25-13-7-17/h1-5,17-18H,6-13,15H2,(H,21,24)/t18-/m0/s1. The number of ether oxygens (including phenoxy) is 1. The number of carbonyl (C=O) groups excluding carboxylic acids is 1. The highest BCUT2D eigenvalue weighted by atomic mass is 16.5. The molecule has 0 aliphatic carbocycles. The largest absolute Gasteiger partial charge is 0.381 e. The number of amides is 1. The fraction of sp³-hybridized carbons (Fsp3) is 0.579. The topological polar surface area (TPSA) is 68.6 Å². The van der Waals surface area contributed by atoms with Gasteiger partial charge in [0.05, 0.1) is 12.6 Å². The monoisotopic (exact) mass is 342 g/mol. The van der Waals surface area contributed by atoms with E-state index < -0.39 is 0 Å². The average Bonchev–Trinajstić information content (AvgIpc) is 2.65. The number of nitriles is 1. The van der Waals surface area contributed by atoms with Crippen LogP contribution in [0.25, 0.3) is 0 Å². The number of benzene rings is 1. The summed E-state index contributed by atoms with van der Waals surface area (Å²) in [7, 11) is 0. The molecule has 0 aromatic heterocycles. The average molecular weight is 342 g/mol. The number of nitrogens with zero attached hydrogens (tertiary/aromatic N) is 3. The summed E-state index contributed by atoms with van der Waals surface area (Å²) in [6.45, 7) is 5.14. The molecule has 0 bridgehead atoms. The molecular formula is C19H26N4O2. The minimum absolute atomic E-state index is 0.0974. The van der Waals surface area contributed by atoms with Crippen LogP contribution in [-0.4, -0.2) is 67.7 Å². The minimum Gasteiger partial charge on any atom is -0.381 e. The quantitative estimate of drug-likeness (QED) is 0.870. The van der Waals surface area contributed by atoms with E-state index >= 15 is 0 Å². The van der Waals surface area contributed by atoms with Crippen molar-refractivity contribution in [1.82, 2.24) is 15.1 Å². The van der Waals surface area contributed by atoms with Gasteiger partial charge in [0.2, 0.25) is 5.91 Å². The zero-order chi connectivity index (χ0) is 17.5. The first-order valence-electron chi connectivity index (χ1n) is 9.04. The lowest BCUT2D eigenvalue weighted by Gasteiger charge is -2.37. The number of hydrogen-bond acceptors (Lipinski definition) is 5. The Labute approximate surface area is 149 Å². The van der Waals surface area contributed by atoms with Crippen molar-refractivity contribution in [3.05, 3.63) is 35.9 Å². The Hall–Kier alpha value is -1.94. The van der Waals surface area contributed by atoms with Crippen molar-refractivity contribution >= 4 is 5.91 Å². The summed E-state index contributed by atoms with van der Waals surface area (Å²) in [5.41, 5.74) is 1.04. The van der Waals surface area contributed by atoms with Crippen LogP contribution < -0.4 is 5.32 Å². The van der Waals surface area contributed by atoms with Crippen LogP contribution in [0.5, 0.6) is 0 Å². The number of nitrogens with one attached hydrogen (secondary N) is 1. The van der Waals surface area contributed by atoms with Crippen LogP contribution in [0.1, 0.15) is 24.4 Å². The van der Waals surface area contributed by atoms with Crippen LogP contribution >= 0.6 is 0 Å². The second-order valence-electron chi connectivity index (χ2n) is 6.71. The second kappa shape index (κ2) is 8.95. The zero-order valence-electron chi connectivity index (χ0n) is 14.6. The van der Waals surface area contributed by atoms with E-state index in [0.29, 0.717) is 6.54 Å². The van der Waals surface area contributed by atoms with E-state index in [1.54, 1.807) is 0 Å². The molecule has 1 amide bonds. The molecule has 134 valence electrons. The molecule has 2 fully saturated rings. The van der Waals surface area contributed by atoms with Crippen molar-refractivity contribution in [3.63, 3.8) is 0 Å². The van der Waals surface area contributed by atoms with Gasteiger partial charge in [-0.1, -0.05) is 30.3 Å². The fourth-order valence-electron chi connectivity index (χ4n) is 3.50. The van der Waals surface area contributed by atoms with Crippen LogP contribution in [0, 0.1) is 11.3 Å². The lowest BCUT2D eigenvalue weighted by molar-refractivity contribution is -0.124. The van der Waals surface area contributed by atoms with E-state index in [1.165, 1.54) is 0 Å². The summed E-state index contributed by atoms with van der Waals surface area (Å²) in [6.07, 6.45) is 1.81. The van der Waals surface area contributed by atoms with Crippen LogP contribution in [0.4, 0.5) is 0 Å². The van der Waals surface area contributed by atoms with Gasteiger partial charge >= 0.3 is 0 Å². The van der Waals surface area contributed by atoms with E-state index in [-0.39, 0.29) is 18.0 Å². The lowest BCUT2D eigenvalue weighted by Crippen LogP contribution is -2.51. The zero-order valence-corrected chi connectivity index (χ0v) is 14.6. The Bertz CT molecular complexity index is 587. The van der Waals surface area contributed by atoms with Crippen LogP contribution in [-0.2, 0) is 9.53 Å². The summed E-state index contributed by atoms with van der Waals surface area (Å²) >= 11 is 0. The summed E-state index contributed by atoms with van der Waals surface area (Å²) in [5, 5.41) is 12.7. The number of rotatable bonds is 5. The van der Waals surface area contributed by atoms with Gasteiger partial charge in [0, 0.05) is 45.4 Å². The summed E-state index contributed by atoms with van der Waals surface area (Å²) < 4.78 is 5.32. The molecule has 2 aliphatic rings. The molecule has 1 atom stereocenters. The van der Waals surface area contributed by atoms with Crippen molar-refractivity contribution in [1.29, 1.82) is 5.26 Å². The van der Waals surface area contributed by atoms with Gasteiger partial charge in [0.15, 0.2) is 0 Å². The third-order valence-electron chi connectivity index (χ3n) is 4.96. The SMILES string of the molecule is N#C[C@@H](c1ccccc1)N1CCN(CC(=O)NC2CCOCC2)CC1. The van der Waals surface area contributed by atoms with E-state index in [4.69, 9.17) is 4.74 Å². The van der Waals surface area contributed by atoms with Gasteiger partial charge in [0.1, 0.15) is 6.04 Å². The van der Waals surface area contributed by atoms with E-state index in [1.807, 2.05) is 30.3 Å². The van der Waals surface area contributed by atoms with Crippen LogP contribution in [0.15, 0.2) is 30.3 Å². The number of carbonyl (C=O) groups is 1. The third kappa shape index (κ3) is 5.02. The van der Waals surface area contributed by atoms with Gasteiger partial charge in [-0.3, -0.25) is 14.6 Å². The minimum atomic E-state index is -0.209. The molecular weight excluding hydrogens is 316 g/mol. The summed E-state index contributed by atoms with van der Waals surface area (Å²) in [5.74, 6) is 0.0974. The van der Waals surface area contributed by atoms with E-state index in [2.05, 4.69) is 21.2 Å². The predicted octanol–water partition coefficient (Wildman–Crippen LogP) is 1.16. The number of piperazine rings is 1. The Balaban J connectivity index is 1.45. The van der Waals surface area contributed by atoms with Crippen molar-refractivity contribution in [2.75, 3.05) is 45.9 Å². The molecule has 0 unspecified atom stereocenters. The molecule has 0 radical (unpaired) electrons. The molecule has 2 heterocycles. The molecule has 6 nitrogen and oxygen atoms in total. The maximum Gasteiger partial charge on any atom is 0.234 e. The van der Waals surface area contributed by atoms with Gasteiger partial charge in [-0.15, -0.1) is 0 Å². The summed E-state index contributed by atoms with van der Waals surface area (Å²) in [6, 6.07) is 12.4. The highest BCUT2D eigenvalue weighted by Crippen LogP contribution is 2.21. The highest BCUT2D eigenvalue weighted by molar-refractivity contribution is 5.78. The molecule has 1 aromatic carbocycles. The van der Waals surface area contributed by atoms with E-state index in [0.717, 1.165) is 57.8 Å². The van der Waals surface area contributed by atoms with Crippen LogP contribution in [0.2, 0.25) is 0 Å². The van der Waals surface area contributed by atoms with Gasteiger partial charge in [0.25, 0.3) is 0 Å². The van der Waals surface area contributed by atoms with E-state index in [9.17, 15) is 10.1 Å². The molecule has 0 spiro atoms. The molecule has 2 aliphatic heterocycles. The second-order valence-corrected chi connectivity index (χ2v) is 6.71. The summed E-state index contributed by atoms with van der Waals surface area (Å²) in [4.78, 5) is 16.6. The van der Waals surface area contributed by atoms with Gasteiger partial charge in [-0.25, -0.2) is 0 Å². The van der Waals surface area contributed by atoms with Gasteiger partial charge in [-0.2, -0.15) is 5.26 Å². The molecule has 1 N–H and O–H groups in total. The Morgan fingerprint density at radius 1 is 1.20 bits per heavy atom.